The van der Waals surface area contributed by atoms with Gasteiger partial charge >= 0.3 is 0 Å². The van der Waals surface area contributed by atoms with Gasteiger partial charge in [-0.15, -0.1) is 0 Å². The number of benzene rings is 1. The van der Waals surface area contributed by atoms with E-state index in [1.165, 1.54) is 10.9 Å². The first-order valence-electron chi connectivity index (χ1n) is 5.35. The van der Waals surface area contributed by atoms with E-state index in [0.29, 0.717) is 0 Å². The molecule has 0 aliphatic carbocycles. The largest absolute Gasteiger partial charge is 0.396 e. The van der Waals surface area contributed by atoms with E-state index in [-0.39, 0.29) is 6.61 Å². The van der Waals surface area contributed by atoms with Gasteiger partial charge < -0.3 is 5.11 Å². The van der Waals surface area contributed by atoms with Gasteiger partial charge in [-0.05, 0) is 37.0 Å². The molecule has 0 spiro atoms. The maximum absolute atomic E-state index is 8.75. The highest BCUT2D eigenvalue weighted by Gasteiger charge is 2.00. The van der Waals surface area contributed by atoms with Crippen molar-refractivity contribution in [3.05, 3.63) is 42.1 Å². The minimum atomic E-state index is 0.281. The molecule has 0 saturated heterocycles. The smallest absolute Gasteiger partial charge is 0.0704 e. The topological polar surface area (TPSA) is 33.1 Å². The van der Waals surface area contributed by atoms with E-state index < -0.39 is 0 Å². The summed E-state index contributed by atoms with van der Waals surface area (Å²) in [5, 5.41) is 9.98. The van der Waals surface area contributed by atoms with E-state index in [1.54, 1.807) is 0 Å². The van der Waals surface area contributed by atoms with Crippen molar-refractivity contribution in [2.45, 2.75) is 19.3 Å². The molecular weight excluding hydrogens is 186 g/mol. The Balaban J connectivity index is 2.26. The second-order valence-corrected chi connectivity index (χ2v) is 3.67. The maximum Gasteiger partial charge on any atom is 0.0704 e. The van der Waals surface area contributed by atoms with E-state index in [9.17, 15) is 0 Å². The fourth-order valence-corrected chi connectivity index (χ4v) is 1.80. The molecule has 0 aliphatic rings. The number of hydrogen-bond donors (Lipinski definition) is 1. The van der Waals surface area contributed by atoms with Crippen LogP contribution in [0.2, 0.25) is 0 Å². The molecule has 0 bridgehead atoms. The predicted molar refractivity (Wildman–Crippen MR) is 61.8 cm³/mol. The van der Waals surface area contributed by atoms with Crippen LogP contribution in [0.15, 0.2) is 36.5 Å². The lowest BCUT2D eigenvalue weighted by molar-refractivity contribution is 0.284. The molecule has 15 heavy (non-hydrogen) atoms. The molecule has 78 valence electrons. The van der Waals surface area contributed by atoms with Crippen molar-refractivity contribution in [3.63, 3.8) is 0 Å². The Morgan fingerprint density at radius 3 is 2.80 bits per heavy atom. The summed E-state index contributed by atoms with van der Waals surface area (Å²) in [7, 11) is 0. The van der Waals surface area contributed by atoms with E-state index in [0.717, 1.165) is 24.8 Å². The third-order valence-corrected chi connectivity index (χ3v) is 2.59. The minimum Gasteiger partial charge on any atom is -0.396 e. The van der Waals surface area contributed by atoms with Gasteiger partial charge in [0.2, 0.25) is 0 Å². The first kappa shape index (κ1) is 10.1. The lowest BCUT2D eigenvalue weighted by Gasteiger charge is -2.04. The van der Waals surface area contributed by atoms with E-state index in [4.69, 9.17) is 5.11 Å². The zero-order chi connectivity index (χ0) is 10.5. The maximum atomic E-state index is 8.75. The third-order valence-electron chi connectivity index (χ3n) is 2.59. The summed E-state index contributed by atoms with van der Waals surface area (Å²) < 4.78 is 0. The van der Waals surface area contributed by atoms with Gasteiger partial charge in [-0.3, -0.25) is 4.98 Å². The van der Waals surface area contributed by atoms with Crippen molar-refractivity contribution in [2.75, 3.05) is 6.61 Å². The molecule has 0 aliphatic heterocycles. The Hall–Kier alpha value is -1.41. The Morgan fingerprint density at radius 1 is 1.07 bits per heavy atom. The number of para-hydroxylation sites is 1. The number of aliphatic hydroxyl groups excluding tert-OH is 1. The molecule has 0 amide bonds. The molecule has 0 atom stereocenters. The molecule has 2 rings (SSSR count). The molecule has 0 unspecified atom stereocenters. The molecule has 0 saturated carbocycles. The second kappa shape index (κ2) is 4.89. The molecule has 2 heteroatoms. The van der Waals surface area contributed by atoms with Gasteiger partial charge in [0.1, 0.15) is 0 Å². The summed E-state index contributed by atoms with van der Waals surface area (Å²) >= 11 is 0. The monoisotopic (exact) mass is 201 g/mol. The SMILES string of the molecule is OCCCCc1ccnc2ccccc12. The number of fused-ring (bicyclic) bond motifs is 1. The number of rotatable bonds is 4. The van der Waals surface area contributed by atoms with Crippen LogP contribution in [0.5, 0.6) is 0 Å². The fourth-order valence-electron chi connectivity index (χ4n) is 1.80. The average Bonchev–Trinajstić information content (AvgIpc) is 2.30. The fraction of sp³-hybridized carbons (Fsp3) is 0.308. The van der Waals surface area contributed by atoms with Gasteiger partial charge in [0.25, 0.3) is 0 Å². The first-order valence-corrected chi connectivity index (χ1v) is 5.35. The van der Waals surface area contributed by atoms with Crippen molar-refractivity contribution < 1.29 is 5.11 Å². The molecule has 1 heterocycles. The van der Waals surface area contributed by atoms with Crippen LogP contribution in [-0.2, 0) is 6.42 Å². The van der Waals surface area contributed by atoms with Crippen LogP contribution in [0.4, 0.5) is 0 Å². The summed E-state index contributed by atoms with van der Waals surface area (Å²) in [6.45, 7) is 0.281. The number of aliphatic hydroxyl groups is 1. The molecule has 1 aromatic carbocycles. The molecule has 2 aromatic rings. The number of pyridine rings is 1. The standard InChI is InChI=1S/C13H15NO/c15-10-4-3-5-11-8-9-14-13-7-2-1-6-12(11)13/h1-2,6-9,15H,3-5,10H2. The van der Waals surface area contributed by atoms with Gasteiger partial charge in [0.15, 0.2) is 0 Å². The van der Waals surface area contributed by atoms with Gasteiger partial charge in [-0.1, -0.05) is 18.2 Å². The zero-order valence-corrected chi connectivity index (χ0v) is 8.69. The summed E-state index contributed by atoms with van der Waals surface area (Å²) in [6, 6.07) is 10.3. The van der Waals surface area contributed by atoms with E-state index in [1.807, 2.05) is 24.4 Å². The van der Waals surface area contributed by atoms with E-state index in [2.05, 4.69) is 17.1 Å². The van der Waals surface area contributed by atoms with Crippen LogP contribution in [0.25, 0.3) is 10.9 Å². The number of nitrogens with zero attached hydrogens (tertiary/aromatic N) is 1. The van der Waals surface area contributed by atoms with Crippen molar-refractivity contribution in [1.29, 1.82) is 0 Å². The van der Waals surface area contributed by atoms with Gasteiger partial charge in [0, 0.05) is 18.2 Å². The lowest BCUT2D eigenvalue weighted by atomic mass is 10.0. The van der Waals surface area contributed by atoms with Gasteiger partial charge in [-0.2, -0.15) is 0 Å². The lowest BCUT2D eigenvalue weighted by Crippen LogP contribution is -1.91. The third kappa shape index (κ3) is 2.34. The Morgan fingerprint density at radius 2 is 1.93 bits per heavy atom. The molecule has 0 fully saturated rings. The van der Waals surface area contributed by atoms with Crippen molar-refractivity contribution in [2.24, 2.45) is 0 Å². The number of aromatic nitrogens is 1. The Kier molecular flexibility index (Phi) is 3.30. The number of unbranched alkanes of at least 4 members (excludes halogenated alkanes) is 1. The van der Waals surface area contributed by atoms with Crippen LogP contribution < -0.4 is 0 Å². The van der Waals surface area contributed by atoms with Crippen molar-refractivity contribution in [1.82, 2.24) is 4.98 Å². The Bertz CT molecular complexity index is 434. The second-order valence-electron chi connectivity index (χ2n) is 3.67. The summed E-state index contributed by atoms with van der Waals surface area (Å²) in [5.41, 5.74) is 2.38. The van der Waals surface area contributed by atoms with Crippen LogP contribution in [0, 0.1) is 0 Å². The quantitative estimate of drug-likeness (QED) is 0.771. The highest BCUT2D eigenvalue weighted by Crippen LogP contribution is 2.17. The number of hydrogen-bond acceptors (Lipinski definition) is 2. The highest BCUT2D eigenvalue weighted by atomic mass is 16.2. The van der Waals surface area contributed by atoms with Gasteiger partial charge in [-0.25, -0.2) is 0 Å². The van der Waals surface area contributed by atoms with Crippen LogP contribution >= 0.6 is 0 Å². The van der Waals surface area contributed by atoms with Crippen molar-refractivity contribution in [3.8, 4) is 0 Å². The zero-order valence-electron chi connectivity index (χ0n) is 8.69. The summed E-state index contributed by atoms with van der Waals surface area (Å²) in [6.07, 6.45) is 4.78. The molecule has 0 radical (unpaired) electrons. The van der Waals surface area contributed by atoms with Crippen LogP contribution in [0.3, 0.4) is 0 Å². The average molecular weight is 201 g/mol. The highest BCUT2D eigenvalue weighted by molar-refractivity contribution is 5.81. The molecule has 1 aromatic heterocycles. The van der Waals surface area contributed by atoms with Crippen LogP contribution in [-0.4, -0.2) is 16.7 Å². The molecular formula is C13H15NO. The molecule has 2 nitrogen and oxygen atoms in total. The molecule has 1 N–H and O–H groups in total. The Labute approximate surface area is 89.6 Å². The van der Waals surface area contributed by atoms with Crippen LogP contribution in [0.1, 0.15) is 18.4 Å². The van der Waals surface area contributed by atoms with E-state index >= 15 is 0 Å². The summed E-state index contributed by atoms with van der Waals surface area (Å²) in [4.78, 5) is 4.32. The van der Waals surface area contributed by atoms with Crippen molar-refractivity contribution >= 4 is 10.9 Å². The van der Waals surface area contributed by atoms with Gasteiger partial charge in [0.05, 0.1) is 5.52 Å². The minimum absolute atomic E-state index is 0.281. The first-order chi connectivity index (χ1) is 7.42. The predicted octanol–water partition coefficient (Wildman–Crippen LogP) is 2.55. The number of aryl methyl sites for hydroxylation is 1. The summed E-state index contributed by atoms with van der Waals surface area (Å²) in [5.74, 6) is 0. The normalized spacial score (nSPS) is 10.7.